The summed E-state index contributed by atoms with van der Waals surface area (Å²) in [5.74, 6) is 3.05. The van der Waals surface area contributed by atoms with Crippen LogP contribution in [0.4, 0.5) is 0 Å². The van der Waals surface area contributed by atoms with Crippen LogP contribution in [0.25, 0.3) is 0 Å². The number of Topliss-reactive ketones (excluding diaryl/α,β-unsaturated/α-hetero) is 1. The Morgan fingerprint density at radius 3 is 2.21 bits per heavy atom. The Hall–Kier alpha value is -1.15. The van der Waals surface area contributed by atoms with Crippen molar-refractivity contribution >= 4 is 5.78 Å². The average molecular weight is 537 g/mol. The van der Waals surface area contributed by atoms with Crippen LogP contribution in [-0.4, -0.2) is 19.0 Å². The number of carbonyl (C=O) groups is 1. The summed E-state index contributed by atoms with van der Waals surface area (Å²) in [6, 6.07) is 0. The van der Waals surface area contributed by atoms with Gasteiger partial charge in [0.15, 0.2) is 0 Å². The van der Waals surface area contributed by atoms with Gasteiger partial charge in [-0.1, -0.05) is 112 Å². The second-order valence-electron chi connectivity index (χ2n) is 16.8. The first-order valence-corrected chi connectivity index (χ1v) is 15.9. The van der Waals surface area contributed by atoms with Gasteiger partial charge in [-0.2, -0.15) is 0 Å². The van der Waals surface area contributed by atoms with Crippen LogP contribution in [0.15, 0.2) is 35.5 Å². The zero-order valence-corrected chi connectivity index (χ0v) is 27.8. The summed E-state index contributed by atoms with van der Waals surface area (Å²) in [6.45, 7) is 28.3. The van der Waals surface area contributed by atoms with E-state index < -0.39 is 0 Å². The van der Waals surface area contributed by atoms with E-state index in [-0.39, 0.29) is 33.2 Å². The molecule has 2 fully saturated rings. The van der Waals surface area contributed by atoms with Crippen LogP contribution in [0, 0.1) is 56.2 Å². The molecule has 220 valence electrons. The highest BCUT2D eigenvalue weighted by atomic mass is 16.5. The van der Waals surface area contributed by atoms with Crippen molar-refractivity contribution in [2.24, 2.45) is 56.2 Å². The fourth-order valence-electron chi connectivity index (χ4n) is 9.98. The number of methoxy groups -OCH3 is 1. The molecule has 0 aromatic heterocycles. The van der Waals surface area contributed by atoms with E-state index in [0.717, 1.165) is 12.3 Å². The predicted molar refractivity (Wildman–Crippen MR) is 165 cm³/mol. The first kappa shape index (κ1) is 30.8. The fourth-order valence-corrected chi connectivity index (χ4v) is 9.98. The van der Waals surface area contributed by atoms with Gasteiger partial charge in [-0.3, -0.25) is 4.79 Å². The normalized spacial score (nSPS) is 35.9. The SMILES string of the molecule is COC1C=CC2(C)C(=CC=C3C2CCC2(C)C3CCC2C(C)CC(C)(C)C(C)(C)C(C)(C)C(C)(C)C(C)=O)C1. The molecule has 4 aliphatic carbocycles. The molecule has 4 aliphatic rings. The van der Waals surface area contributed by atoms with Gasteiger partial charge < -0.3 is 4.74 Å². The van der Waals surface area contributed by atoms with E-state index in [1.807, 2.05) is 7.11 Å². The molecule has 0 heterocycles. The van der Waals surface area contributed by atoms with Crippen LogP contribution < -0.4 is 0 Å². The highest BCUT2D eigenvalue weighted by Crippen LogP contribution is 2.67. The lowest BCUT2D eigenvalue weighted by molar-refractivity contribution is -0.148. The Kier molecular flexibility index (Phi) is 7.67. The number of ketones is 1. The monoisotopic (exact) mass is 536 g/mol. The summed E-state index contributed by atoms with van der Waals surface area (Å²) in [4.78, 5) is 12.8. The lowest BCUT2D eigenvalue weighted by atomic mass is 9.45. The van der Waals surface area contributed by atoms with Crippen molar-refractivity contribution in [2.45, 2.75) is 128 Å². The Bertz CT molecular complexity index is 1060. The maximum absolute atomic E-state index is 12.8. The smallest absolute Gasteiger partial charge is 0.135 e. The van der Waals surface area contributed by atoms with E-state index in [4.69, 9.17) is 4.74 Å². The molecule has 0 radical (unpaired) electrons. The molecule has 0 bridgehead atoms. The van der Waals surface area contributed by atoms with Crippen LogP contribution in [0.1, 0.15) is 122 Å². The van der Waals surface area contributed by atoms with Gasteiger partial charge in [-0.15, -0.1) is 0 Å². The highest BCUT2D eigenvalue weighted by Gasteiger charge is 2.59. The van der Waals surface area contributed by atoms with Crippen molar-refractivity contribution in [3.8, 4) is 0 Å². The number of hydrogen-bond acceptors (Lipinski definition) is 2. The molecule has 0 aliphatic heterocycles. The molecule has 0 saturated heterocycles. The van der Waals surface area contributed by atoms with Gasteiger partial charge in [0.25, 0.3) is 0 Å². The predicted octanol–water partition coefficient (Wildman–Crippen LogP) is 10.00. The van der Waals surface area contributed by atoms with Gasteiger partial charge in [-0.05, 0) is 90.8 Å². The Morgan fingerprint density at radius 1 is 0.974 bits per heavy atom. The minimum atomic E-state index is -0.368. The van der Waals surface area contributed by atoms with Crippen LogP contribution in [0.2, 0.25) is 0 Å². The molecular formula is C37H60O2. The molecule has 2 saturated carbocycles. The summed E-state index contributed by atoms with van der Waals surface area (Å²) in [6.07, 6.45) is 17.6. The second-order valence-corrected chi connectivity index (χ2v) is 16.8. The molecule has 0 spiro atoms. The quantitative estimate of drug-likeness (QED) is 0.288. The number of hydrogen-bond donors (Lipinski definition) is 0. The van der Waals surface area contributed by atoms with E-state index in [0.29, 0.717) is 29.0 Å². The standard InChI is InChI=1S/C37H60O2/c1-24(23-32(3,4)34(7,8)35(9,10)33(5,6)25(2)38)29-16-17-30-28-15-14-26-22-27(39-13)18-20-36(26,11)31(28)19-21-37(29,30)12/h14-15,18,20,24,27,29-31H,16-17,19,21-23H2,1-13H3. The topological polar surface area (TPSA) is 26.3 Å². The molecule has 39 heavy (non-hydrogen) atoms. The Balaban J connectivity index is 1.57. The molecule has 0 aromatic carbocycles. The van der Waals surface area contributed by atoms with Crippen molar-refractivity contribution < 1.29 is 9.53 Å². The van der Waals surface area contributed by atoms with Gasteiger partial charge >= 0.3 is 0 Å². The summed E-state index contributed by atoms with van der Waals surface area (Å²) in [7, 11) is 1.84. The van der Waals surface area contributed by atoms with Crippen LogP contribution >= 0.6 is 0 Å². The zero-order valence-electron chi connectivity index (χ0n) is 27.8. The van der Waals surface area contributed by atoms with Gasteiger partial charge in [-0.25, -0.2) is 0 Å². The summed E-state index contributed by atoms with van der Waals surface area (Å²) < 4.78 is 5.70. The van der Waals surface area contributed by atoms with E-state index >= 15 is 0 Å². The summed E-state index contributed by atoms with van der Waals surface area (Å²) in [5, 5.41) is 0. The largest absolute Gasteiger partial charge is 0.377 e. The molecule has 7 atom stereocenters. The average Bonchev–Trinajstić information content (AvgIpc) is 3.20. The van der Waals surface area contributed by atoms with Crippen molar-refractivity contribution in [2.75, 3.05) is 7.11 Å². The van der Waals surface area contributed by atoms with E-state index in [1.165, 1.54) is 32.1 Å². The third-order valence-electron chi connectivity index (χ3n) is 14.7. The van der Waals surface area contributed by atoms with Crippen LogP contribution in [-0.2, 0) is 9.53 Å². The minimum absolute atomic E-state index is 0.00490. The Morgan fingerprint density at radius 2 is 1.62 bits per heavy atom. The summed E-state index contributed by atoms with van der Waals surface area (Å²) >= 11 is 0. The number of carbonyl (C=O) groups excluding carboxylic acids is 1. The lowest BCUT2D eigenvalue weighted by Gasteiger charge is -2.59. The zero-order chi connectivity index (χ0) is 29.4. The molecule has 2 nitrogen and oxygen atoms in total. The van der Waals surface area contributed by atoms with Gasteiger partial charge in [0, 0.05) is 17.9 Å². The lowest BCUT2D eigenvalue weighted by Crippen LogP contribution is -2.54. The van der Waals surface area contributed by atoms with Gasteiger partial charge in [0.2, 0.25) is 0 Å². The number of rotatable bonds is 8. The maximum Gasteiger partial charge on any atom is 0.135 e. The molecule has 0 N–H and O–H groups in total. The molecule has 0 amide bonds. The van der Waals surface area contributed by atoms with Crippen molar-refractivity contribution in [1.29, 1.82) is 0 Å². The fraction of sp³-hybridized carbons (Fsp3) is 0.811. The molecule has 7 unspecified atom stereocenters. The molecule has 4 rings (SSSR count). The summed E-state index contributed by atoms with van der Waals surface area (Å²) in [5.41, 5.74) is 3.45. The van der Waals surface area contributed by atoms with Crippen LogP contribution in [0.5, 0.6) is 0 Å². The minimum Gasteiger partial charge on any atom is -0.377 e. The van der Waals surface area contributed by atoms with Gasteiger partial charge in [0.05, 0.1) is 6.10 Å². The molecule has 2 heteroatoms. The number of ether oxygens (including phenoxy) is 1. The van der Waals surface area contributed by atoms with E-state index in [1.54, 1.807) is 18.1 Å². The third-order valence-corrected chi connectivity index (χ3v) is 14.7. The van der Waals surface area contributed by atoms with Crippen molar-refractivity contribution in [3.63, 3.8) is 0 Å². The van der Waals surface area contributed by atoms with E-state index in [9.17, 15) is 4.79 Å². The first-order chi connectivity index (χ1) is 17.8. The number of allylic oxidation sites excluding steroid dienone is 4. The third kappa shape index (κ3) is 4.40. The van der Waals surface area contributed by atoms with Crippen LogP contribution in [0.3, 0.4) is 0 Å². The highest BCUT2D eigenvalue weighted by molar-refractivity contribution is 5.82. The van der Waals surface area contributed by atoms with E-state index in [2.05, 4.69) is 100 Å². The second kappa shape index (κ2) is 9.71. The maximum atomic E-state index is 12.8. The molecular weight excluding hydrogens is 476 g/mol. The first-order valence-electron chi connectivity index (χ1n) is 15.9. The van der Waals surface area contributed by atoms with Gasteiger partial charge in [0.1, 0.15) is 5.78 Å². The number of fused-ring (bicyclic) bond motifs is 5. The van der Waals surface area contributed by atoms with Crippen molar-refractivity contribution in [1.82, 2.24) is 0 Å². The van der Waals surface area contributed by atoms with Crippen molar-refractivity contribution in [3.05, 3.63) is 35.5 Å². The Labute approximate surface area is 241 Å². The molecule has 0 aromatic rings.